The monoisotopic (exact) mass is 378 g/mol. The zero-order chi connectivity index (χ0) is 15.7. The first-order chi connectivity index (χ1) is 9.81. The van der Waals surface area contributed by atoms with E-state index < -0.39 is 29.0 Å². The van der Waals surface area contributed by atoms with Gasteiger partial charge in [0, 0.05) is 4.88 Å². The molecule has 1 N–H and O–H groups in total. The van der Waals surface area contributed by atoms with Crippen molar-refractivity contribution in [2.75, 3.05) is 5.32 Å². The molecule has 1 aromatic carbocycles. The van der Waals surface area contributed by atoms with Gasteiger partial charge < -0.3 is 5.32 Å². The lowest BCUT2D eigenvalue weighted by Gasteiger charge is -2.08. The minimum atomic E-state index is -1.63. The topological polar surface area (TPSA) is 42.0 Å². The van der Waals surface area contributed by atoms with E-state index in [1.807, 2.05) is 13.8 Å². The van der Waals surface area contributed by atoms with Crippen molar-refractivity contribution in [1.82, 2.24) is 4.98 Å². The summed E-state index contributed by atoms with van der Waals surface area (Å²) >= 11 is 4.47. The molecule has 0 saturated heterocycles. The fourth-order valence-corrected chi connectivity index (χ4v) is 3.15. The van der Waals surface area contributed by atoms with Crippen molar-refractivity contribution >= 4 is 38.9 Å². The number of halogens is 4. The van der Waals surface area contributed by atoms with Crippen LogP contribution >= 0.6 is 27.3 Å². The predicted octanol–water partition coefficient (Wildman–Crippen LogP) is 4.70. The Kier molecular flexibility index (Phi) is 4.67. The van der Waals surface area contributed by atoms with Crippen LogP contribution in [-0.4, -0.2) is 10.9 Å². The molecule has 0 aliphatic rings. The average Bonchev–Trinajstić information content (AvgIpc) is 2.82. The Bertz CT molecular complexity index is 703. The lowest BCUT2D eigenvalue weighted by Crippen LogP contribution is -2.16. The maximum absolute atomic E-state index is 13.5. The molecular weight excluding hydrogens is 369 g/mol. The molecule has 2 rings (SSSR count). The number of nitrogens with zero attached hydrogens (tertiary/aromatic N) is 1. The first kappa shape index (κ1) is 16.0. The molecule has 1 heterocycles. The Morgan fingerprint density at radius 3 is 2.57 bits per heavy atom. The highest BCUT2D eigenvalue weighted by molar-refractivity contribution is 9.11. The second-order valence-electron chi connectivity index (χ2n) is 4.51. The number of hydrogen-bond donors (Lipinski definition) is 1. The zero-order valence-corrected chi connectivity index (χ0v) is 13.4. The quantitative estimate of drug-likeness (QED) is 0.786. The Morgan fingerprint density at radius 2 is 1.95 bits per heavy atom. The van der Waals surface area contributed by atoms with Crippen molar-refractivity contribution in [2.24, 2.45) is 0 Å². The van der Waals surface area contributed by atoms with Crippen LogP contribution in [0.5, 0.6) is 0 Å². The van der Waals surface area contributed by atoms with Crippen LogP contribution in [0.4, 0.5) is 18.9 Å². The van der Waals surface area contributed by atoms with Crippen molar-refractivity contribution in [1.29, 1.82) is 0 Å². The van der Waals surface area contributed by atoms with Gasteiger partial charge in [0.2, 0.25) is 0 Å². The van der Waals surface area contributed by atoms with Gasteiger partial charge in [-0.1, -0.05) is 13.8 Å². The lowest BCUT2D eigenvalue weighted by molar-refractivity contribution is 0.102. The number of aromatic nitrogens is 1. The number of carbonyl (C=O) groups excluding carboxylic acids is 1. The van der Waals surface area contributed by atoms with E-state index in [9.17, 15) is 18.0 Å². The summed E-state index contributed by atoms with van der Waals surface area (Å²) in [4.78, 5) is 16.9. The molecule has 0 atom stereocenters. The van der Waals surface area contributed by atoms with E-state index in [2.05, 4.69) is 26.2 Å². The number of nitrogens with one attached hydrogen (secondary N) is 1. The van der Waals surface area contributed by atoms with E-state index in [-0.39, 0.29) is 11.6 Å². The summed E-state index contributed by atoms with van der Waals surface area (Å²) in [5, 5.41) is 2.21. The fraction of sp³-hybridized carbons (Fsp3) is 0.231. The van der Waals surface area contributed by atoms with Gasteiger partial charge in [0.05, 0.1) is 5.69 Å². The van der Waals surface area contributed by atoms with Gasteiger partial charge in [0.25, 0.3) is 5.91 Å². The first-order valence-electron chi connectivity index (χ1n) is 5.92. The largest absolute Gasteiger partial charge is 0.318 e. The molecular formula is C13H10BrF3N2OS. The van der Waals surface area contributed by atoms with Gasteiger partial charge in [-0.05, 0) is 34.0 Å². The van der Waals surface area contributed by atoms with E-state index in [1.54, 1.807) is 0 Å². The standard InChI is InChI=1S/C13H10BrF3N2OS/c1-5(2)11-10(19-13(14)21-11)12(20)18-7-4-3-6(15)8(16)9(7)17/h3-5H,1-2H3,(H,18,20). The maximum atomic E-state index is 13.5. The minimum absolute atomic E-state index is 0.0457. The van der Waals surface area contributed by atoms with E-state index in [0.29, 0.717) is 8.79 Å². The van der Waals surface area contributed by atoms with Gasteiger partial charge in [0.15, 0.2) is 21.4 Å². The van der Waals surface area contributed by atoms with Crippen molar-refractivity contribution in [3.05, 3.63) is 44.1 Å². The van der Waals surface area contributed by atoms with Gasteiger partial charge in [-0.3, -0.25) is 4.79 Å². The molecule has 3 nitrogen and oxygen atoms in total. The second kappa shape index (κ2) is 6.15. The molecule has 0 bridgehead atoms. The molecule has 1 amide bonds. The highest BCUT2D eigenvalue weighted by Crippen LogP contribution is 2.30. The summed E-state index contributed by atoms with van der Waals surface area (Å²) in [7, 11) is 0. The van der Waals surface area contributed by atoms with Crippen LogP contribution in [0.2, 0.25) is 0 Å². The van der Waals surface area contributed by atoms with E-state index >= 15 is 0 Å². The lowest BCUT2D eigenvalue weighted by atomic mass is 10.1. The number of benzene rings is 1. The normalized spacial score (nSPS) is 11.0. The predicted molar refractivity (Wildman–Crippen MR) is 78.2 cm³/mol. The third-order valence-corrected chi connectivity index (χ3v) is 4.46. The highest BCUT2D eigenvalue weighted by atomic mass is 79.9. The summed E-state index contributed by atoms with van der Waals surface area (Å²) in [5.41, 5.74) is -0.302. The molecule has 0 aliphatic heterocycles. The molecule has 0 unspecified atom stereocenters. The van der Waals surface area contributed by atoms with E-state index in [1.165, 1.54) is 11.3 Å². The molecule has 2 aromatic rings. The van der Waals surface area contributed by atoms with Crippen LogP contribution in [0.3, 0.4) is 0 Å². The fourth-order valence-electron chi connectivity index (χ4n) is 1.66. The Labute approximate surface area is 131 Å². The summed E-state index contributed by atoms with van der Waals surface area (Å²) in [6, 6.07) is 1.70. The summed E-state index contributed by atoms with van der Waals surface area (Å²) in [6.07, 6.45) is 0. The maximum Gasteiger partial charge on any atom is 0.275 e. The van der Waals surface area contributed by atoms with Crippen LogP contribution in [-0.2, 0) is 0 Å². The molecule has 21 heavy (non-hydrogen) atoms. The molecule has 8 heteroatoms. The zero-order valence-electron chi connectivity index (χ0n) is 11.0. The SMILES string of the molecule is CC(C)c1sc(Br)nc1C(=O)Nc1ccc(F)c(F)c1F. The van der Waals surface area contributed by atoms with Crippen LogP contribution < -0.4 is 5.32 Å². The summed E-state index contributed by atoms with van der Waals surface area (Å²) in [5.74, 6) is -5.01. The number of thiazole rings is 1. The summed E-state index contributed by atoms with van der Waals surface area (Å²) in [6.45, 7) is 3.77. The molecule has 0 radical (unpaired) electrons. The van der Waals surface area contributed by atoms with Gasteiger partial charge in [0.1, 0.15) is 5.69 Å². The van der Waals surface area contributed by atoms with E-state index in [0.717, 1.165) is 12.1 Å². The molecule has 1 aromatic heterocycles. The molecule has 0 spiro atoms. The van der Waals surface area contributed by atoms with E-state index in [4.69, 9.17) is 0 Å². The number of carbonyl (C=O) groups is 1. The number of rotatable bonds is 3. The highest BCUT2D eigenvalue weighted by Gasteiger charge is 2.22. The summed E-state index contributed by atoms with van der Waals surface area (Å²) < 4.78 is 40.0. The van der Waals surface area contributed by atoms with Crippen LogP contribution in [0.1, 0.15) is 35.1 Å². The second-order valence-corrected chi connectivity index (χ2v) is 6.82. The van der Waals surface area contributed by atoms with Gasteiger partial charge in [-0.2, -0.15) is 0 Å². The Hall–Kier alpha value is -1.41. The Morgan fingerprint density at radius 1 is 1.29 bits per heavy atom. The molecule has 0 fully saturated rings. The van der Waals surface area contributed by atoms with Crippen molar-refractivity contribution in [2.45, 2.75) is 19.8 Å². The molecule has 0 aliphatic carbocycles. The van der Waals surface area contributed by atoms with Crippen LogP contribution in [0.15, 0.2) is 16.0 Å². The third kappa shape index (κ3) is 3.26. The molecule has 112 valence electrons. The molecule has 0 saturated carbocycles. The number of hydrogen-bond acceptors (Lipinski definition) is 3. The van der Waals surface area contributed by atoms with Crippen molar-refractivity contribution < 1.29 is 18.0 Å². The number of amides is 1. The first-order valence-corrected chi connectivity index (χ1v) is 7.53. The van der Waals surface area contributed by atoms with Crippen LogP contribution in [0, 0.1) is 17.5 Å². The van der Waals surface area contributed by atoms with Crippen LogP contribution in [0.25, 0.3) is 0 Å². The van der Waals surface area contributed by atoms with Gasteiger partial charge in [-0.25, -0.2) is 18.2 Å². The third-order valence-electron chi connectivity index (χ3n) is 2.65. The Balaban J connectivity index is 2.33. The number of anilines is 1. The van der Waals surface area contributed by atoms with Gasteiger partial charge >= 0.3 is 0 Å². The minimum Gasteiger partial charge on any atom is -0.318 e. The van der Waals surface area contributed by atoms with Crippen molar-refractivity contribution in [3.8, 4) is 0 Å². The van der Waals surface area contributed by atoms with Gasteiger partial charge in [-0.15, -0.1) is 11.3 Å². The van der Waals surface area contributed by atoms with Crippen molar-refractivity contribution in [3.63, 3.8) is 0 Å². The smallest absolute Gasteiger partial charge is 0.275 e. The average molecular weight is 379 g/mol.